The van der Waals surface area contributed by atoms with E-state index < -0.39 is 0 Å². The van der Waals surface area contributed by atoms with Gasteiger partial charge in [0.25, 0.3) is 0 Å². The van der Waals surface area contributed by atoms with Gasteiger partial charge in [-0.1, -0.05) is 0 Å². The van der Waals surface area contributed by atoms with Gasteiger partial charge in [0, 0.05) is 47.3 Å². The van der Waals surface area contributed by atoms with Gasteiger partial charge in [-0.05, 0) is 42.8 Å². The number of fused-ring (bicyclic) bond motifs is 1. The molecule has 1 aliphatic rings. The molecule has 136 valence electrons. The van der Waals surface area contributed by atoms with Crippen LogP contribution < -0.4 is 9.47 Å². The minimum Gasteiger partial charge on any atom is -0.493 e. The standard InChI is InChI=1S/C20H23N3O2S/c1-15-4-5-19(26-15)16-12-17-14-22(8-9-23-7-3-6-21-23)10-11-25-20(17)18(13-16)24-2/h3-7,12-13H,8-11,14H2,1-2H3. The highest BCUT2D eigenvalue weighted by molar-refractivity contribution is 7.15. The summed E-state index contributed by atoms with van der Waals surface area (Å²) < 4.78 is 13.7. The maximum atomic E-state index is 6.05. The van der Waals surface area contributed by atoms with Crippen LogP contribution in [0.25, 0.3) is 10.4 Å². The minimum atomic E-state index is 0.667. The second-order valence-electron chi connectivity index (χ2n) is 6.47. The van der Waals surface area contributed by atoms with Crippen molar-refractivity contribution in [2.24, 2.45) is 0 Å². The third-order valence-electron chi connectivity index (χ3n) is 4.63. The maximum Gasteiger partial charge on any atom is 0.165 e. The number of rotatable bonds is 5. The van der Waals surface area contributed by atoms with Crippen molar-refractivity contribution in [3.8, 4) is 21.9 Å². The number of aryl methyl sites for hydroxylation is 1. The Morgan fingerprint density at radius 3 is 2.92 bits per heavy atom. The van der Waals surface area contributed by atoms with E-state index in [0.29, 0.717) is 6.61 Å². The molecule has 0 saturated heterocycles. The summed E-state index contributed by atoms with van der Waals surface area (Å²) in [4.78, 5) is 4.98. The van der Waals surface area contributed by atoms with Crippen molar-refractivity contribution in [1.82, 2.24) is 14.7 Å². The lowest BCUT2D eigenvalue weighted by atomic mass is 10.1. The average molecular weight is 369 g/mol. The van der Waals surface area contributed by atoms with Crippen LogP contribution in [0, 0.1) is 6.92 Å². The Hall–Kier alpha value is -2.31. The third kappa shape index (κ3) is 3.61. The summed E-state index contributed by atoms with van der Waals surface area (Å²) in [6.45, 7) is 6.37. The molecule has 0 saturated carbocycles. The van der Waals surface area contributed by atoms with Crippen LogP contribution in [0.3, 0.4) is 0 Å². The highest BCUT2D eigenvalue weighted by atomic mass is 32.1. The molecule has 2 aromatic heterocycles. The van der Waals surface area contributed by atoms with Crippen LogP contribution in [0.1, 0.15) is 10.4 Å². The summed E-state index contributed by atoms with van der Waals surface area (Å²) in [5.74, 6) is 1.70. The number of aromatic nitrogens is 2. The largest absolute Gasteiger partial charge is 0.493 e. The Morgan fingerprint density at radius 1 is 1.27 bits per heavy atom. The molecule has 0 N–H and O–H groups in total. The van der Waals surface area contributed by atoms with E-state index in [0.717, 1.165) is 37.7 Å². The summed E-state index contributed by atoms with van der Waals surface area (Å²) >= 11 is 1.80. The van der Waals surface area contributed by atoms with Gasteiger partial charge in [-0.2, -0.15) is 5.10 Å². The predicted octanol–water partition coefficient (Wildman–Crippen LogP) is 3.82. The number of nitrogens with zero attached hydrogens (tertiary/aromatic N) is 3. The molecule has 26 heavy (non-hydrogen) atoms. The van der Waals surface area contributed by atoms with Crippen molar-refractivity contribution in [2.45, 2.75) is 20.0 Å². The van der Waals surface area contributed by atoms with E-state index >= 15 is 0 Å². The first-order valence-corrected chi connectivity index (χ1v) is 9.65. The van der Waals surface area contributed by atoms with Crippen LogP contribution in [0.5, 0.6) is 11.5 Å². The molecule has 5 nitrogen and oxygen atoms in total. The summed E-state index contributed by atoms with van der Waals surface area (Å²) in [7, 11) is 1.71. The van der Waals surface area contributed by atoms with Crippen molar-refractivity contribution in [1.29, 1.82) is 0 Å². The van der Waals surface area contributed by atoms with Gasteiger partial charge >= 0.3 is 0 Å². The maximum absolute atomic E-state index is 6.05. The fourth-order valence-electron chi connectivity index (χ4n) is 3.29. The molecular formula is C20H23N3O2S. The van der Waals surface area contributed by atoms with E-state index in [1.54, 1.807) is 18.4 Å². The van der Waals surface area contributed by atoms with Gasteiger partial charge in [-0.15, -0.1) is 11.3 Å². The molecule has 1 aromatic carbocycles. The predicted molar refractivity (Wildman–Crippen MR) is 104 cm³/mol. The lowest BCUT2D eigenvalue weighted by Crippen LogP contribution is -2.29. The van der Waals surface area contributed by atoms with Crippen molar-refractivity contribution in [2.75, 3.05) is 26.8 Å². The molecule has 1 aliphatic heterocycles. The van der Waals surface area contributed by atoms with Crippen molar-refractivity contribution < 1.29 is 9.47 Å². The van der Waals surface area contributed by atoms with Gasteiger partial charge in [0.2, 0.25) is 0 Å². The van der Waals surface area contributed by atoms with E-state index in [2.05, 4.69) is 41.2 Å². The summed E-state index contributed by atoms with van der Waals surface area (Å²) in [6, 6.07) is 10.6. The molecule has 0 fully saturated rings. The Labute approximate surface area is 157 Å². The van der Waals surface area contributed by atoms with E-state index in [9.17, 15) is 0 Å². The number of benzene rings is 1. The van der Waals surface area contributed by atoms with Crippen LogP contribution in [-0.2, 0) is 13.1 Å². The molecule has 0 bridgehead atoms. The summed E-state index contributed by atoms with van der Waals surface area (Å²) in [6.07, 6.45) is 3.82. The van der Waals surface area contributed by atoms with E-state index in [4.69, 9.17) is 9.47 Å². The lowest BCUT2D eigenvalue weighted by Gasteiger charge is -2.19. The molecule has 3 heterocycles. The summed E-state index contributed by atoms with van der Waals surface area (Å²) in [5, 5.41) is 4.29. The highest BCUT2D eigenvalue weighted by Gasteiger charge is 2.20. The topological polar surface area (TPSA) is 39.5 Å². The molecule has 4 rings (SSSR count). The molecule has 0 atom stereocenters. The van der Waals surface area contributed by atoms with Crippen LogP contribution in [0.4, 0.5) is 0 Å². The van der Waals surface area contributed by atoms with Crippen LogP contribution >= 0.6 is 11.3 Å². The molecule has 6 heteroatoms. The van der Waals surface area contributed by atoms with Gasteiger partial charge in [0.1, 0.15) is 6.61 Å². The fraction of sp³-hybridized carbons (Fsp3) is 0.350. The van der Waals surface area contributed by atoms with Gasteiger partial charge < -0.3 is 9.47 Å². The molecule has 0 radical (unpaired) electrons. The van der Waals surface area contributed by atoms with Crippen LogP contribution in [0.15, 0.2) is 42.7 Å². The average Bonchev–Trinajstić information content (AvgIpc) is 3.27. The van der Waals surface area contributed by atoms with Crippen molar-refractivity contribution >= 4 is 11.3 Å². The Kier molecular flexibility index (Phi) is 4.95. The van der Waals surface area contributed by atoms with Gasteiger partial charge in [0.05, 0.1) is 13.7 Å². The Bertz CT molecular complexity index is 873. The second kappa shape index (κ2) is 7.51. The molecule has 0 unspecified atom stereocenters. The first kappa shape index (κ1) is 17.1. The van der Waals surface area contributed by atoms with Gasteiger partial charge in [0.15, 0.2) is 11.5 Å². The molecular weight excluding hydrogens is 346 g/mol. The van der Waals surface area contributed by atoms with Gasteiger partial charge in [-0.3, -0.25) is 9.58 Å². The number of hydrogen-bond donors (Lipinski definition) is 0. The van der Waals surface area contributed by atoms with E-state index in [1.165, 1.54) is 20.9 Å². The molecule has 0 aliphatic carbocycles. The fourth-order valence-corrected chi connectivity index (χ4v) is 4.14. The Morgan fingerprint density at radius 2 is 2.19 bits per heavy atom. The number of thiophene rings is 1. The first-order valence-electron chi connectivity index (χ1n) is 8.83. The zero-order valence-electron chi connectivity index (χ0n) is 15.1. The number of hydrogen-bond acceptors (Lipinski definition) is 5. The van der Waals surface area contributed by atoms with Crippen LogP contribution in [-0.4, -0.2) is 41.5 Å². The number of methoxy groups -OCH3 is 1. The van der Waals surface area contributed by atoms with Crippen molar-refractivity contribution in [3.63, 3.8) is 0 Å². The van der Waals surface area contributed by atoms with E-state index in [1.807, 2.05) is 23.1 Å². The van der Waals surface area contributed by atoms with Crippen LogP contribution in [0.2, 0.25) is 0 Å². The second-order valence-corrected chi connectivity index (χ2v) is 7.76. The number of ether oxygens (including phenoxy) is 2. The van der Waals surface area contributed by atoms with Gasteiger partial charge in [-0.25, -0.2) is 0 Å². The SMILES string of the molecule is COc1cc(-c2ccc(C)s2)cc2c1OCCN(CCn1cccn1)C2. The first-order chi connectivity index (χ1) is 12.7. The lowest BCUT2D eigenvalue weighted by molar-refractivity contribution is 0.214. The zero-order valence-corrected chi connectivity index (χ0v) is 16.0. The third-order valence-corrected chi connectivity index (χ3v) is 5.68. The molecule has 3 aromatic rings. The van der Waals surface area contributed by atoms with Crippen molar-refractivity contribution in [3.05, 3.63) is 53.2 Å². The molecule has 0 amide bonds. The monoisotopic (exact) mass is 369 g/mol. The smallest absolute Gasteiger partial charge is 0.165 e. The minimum absolute atomic E-state index is 0.667. The van der Waals surface area contributed by atoms with E-state index in [-0.39, 0.29) is 0 Å². The highest BCUT2D eigenvalue weighted by Crippen LogP contribution is 2.39. The Balaban J connectivity index is 1.60. The quantitative estimate of drug-likeness (QED) is 0.685. The summed E-state index contributed by atoms with van der Waals surface area (Å²) in [5.41, 5.74) is 2.37. The normalized spacial score (nSPS) is 14.5. The molecule has 0 spiro atoms. The zero-order chi connectivity index (χ0) is 17.9.